The standard InChI is InChI=1S/C71H132O6/c1-4-7-10-13-16-19-22-24-26-28-30-32-34-35-37-38-40-42-44-46-49-52-55-58-61-64-70(73)76-67-68(66-75-69(72)63-60-57-54-51-48-21-18-15-12-9-6-3)77-71(74)65-62-59-56-53-50-47-45-43-41-39-36-33-31-29-27-25-23-20-17-14-11-8-5-2/h15,18,28-31,68H,4-14,16-17,19-27,32-67H2,1-3H3/b18-15-,30-28-,31-29-. The Morgan fingerprint density at radius 3 is 0.688 bits per heavy atom. The molecule has 0 heterocycles. The molecule has 6 nitrogen and oxygen atoms in total. The van der Waals surface area contributed by atoms with Gasteiger partial charge in [0.1, 0.15) is 13.2 Å². The lowest BCUT2D eigenvalue weighted by Crippen LogP contribution is -2.30. The van der Waals surface area contributed by atoms with Gasteiger partial charge in [0.25, 0.3) is 0 Å². The maximum atomic E-state index is 12.9. The van der Waals surface area contributed by atoms with Crippen LogP contribution in [-0.4, -0.2) is 37.2 Å². The lowest BCUT2D eigenvalue weighted by atomic mass is 10.0. The second kappa shape index (κ2) is 66.1. The second-order valence-corrected chi connectivity index (χ2v) is 23.4. The molecule has 0 bridgehead atoms. The highest BCUT2D eigenvalue weighted by Crippen LogP contribution is 2.18. The van der Waals surface area contributed by atoms with E-state index in [0.717, 1.165) is 64.2 Å². The molecule has 0 aliphatic rings. The van der Waals surface area contributed by atoms with Gasteiger partial charge >= 0.3 is 17.9 Å². The Morgan fingerprint density at radius 2 is 0.442 bits per heavy atom. The third kappa shape index (κ3) is 64.3. The van der Waals surface area contributed by atoms with E-state index in [-0.39, 0.29) is 31.1 Å². The van der Waals surface area contributed by atoms with Gasteiger partial charge in [-0.2, -0.15) is 0 Å². The Labute approximate surface area is 480 Å². The van der Waals surface area contributed by atoms with Gasteiger partial charge in [0.15, 0.2) is 6.10 Å². The van der Waals surface area contributed by atoms with Crippen LogP contribution in [-0.2, 0) is 28.6 Å². The lowest BCUT2D eigenvalue weighted by Gasteiger charge is -2.18. The summed E-state index contributed by atoms with van der Waals surface area (Å²) in [6.07, 6.45) is 81.8. The molecule has 0 amide bonds. The molecule has 0 aliphatic carbocycles. The molecule has 0 aromatic heterocycles. The summed E-state index contributed by atoms with van der Waals surface area (Å²) in [6, 6.07) is 0. The predicted molar refractivity (Wildman–Crippen MR) is 335 cm³/mol. The van der Waals surface area contributed by atoms with Crippen molar-refractivity contribution in [3.8, 4) is 0 Å². The van der Waals surface area contributed by atoms with Crippen LogP contribution in [0.1, 0.15) is 380 Å². The molecule has 0 aromatic carbocycles. The fraction of sp³-hybridized carbons (Fsp3) is 0.873. The highest BCUT2D eigenvalue weighted by atomic mass is 16.6. The van der Waals surface area contributed by atoms with Crippen molar-refractivity contribution in [2.45, 2.75) is 386 Å². The fourth-order valence-electron chi connectivity index (χ4n) is 10.4. The lowest BCUT2D eigenvalue weighted by molar-refractivity contribution is -0.167. The van der Waals surface area contributed by atoms with Crippen molar-refractivity contribution in [3.05, 3.63) is 36.5 Å². The highest BCUT2D eigenvalue weighted by Gasteiger charge is 2.19. The molecule has 0 N–H and O–H groups in total. The first-order valence-corrected chi connectivity index (χ1v) is 34.5. The van der Waals surface area contributed by atoms with Crippen LogP contribution < -0.4 is 0 Å². The van der Waals surface area contributed by atoms with Gasteiger partial charge < -0.3 is 14.2 Å². The van der Waals surface area contributed by atoms with Gasteiger partial charge in [0, 0.05) is 19.3 Å². The van der Waals surface area contributed by atoms with Crippen LogP contribution in [0.25, 0.3) is 0 Å². The number of rotatable bonds is 64. The van der Waals surface area contributed by atoms with E-state index in [0.29, 0.717) is 19.3 Å². The molecule has 0 rings (SSSR count). The van der Waals surface area contributed by atoms with Gasteiger partial charge in [-0.05, 0) is 89.9 Å². The van der Waals surface area contributed by atoms with Crippen molar-refractivity contribution in [2.75, 3.05) is 13.2 Å². The number of esters is 3. The number of hydrogen-bond donors (Lipinski definition) is 0. The molecular weight excluding hydrogens is 949 g/mol. The smallest absolute Gasteiger partial charge is 0.306 e. The molecule has 77 heavy (non-hydrogen) atoms. The Morgan fingerprint density at radius 1 is 0.247 bits per heavy atom. The van der Waals surface area contributed by atoms with Crippen LogP contribution in [0.3, 0.4) is 0 Å². The SMILES string of the molecule is CCCC/C=C\CCCCCCCC(=O)OCC(COC(=O)CCCCCCCCCCCCCCC/C=C\CCCCCCCCCC)OC(=O)CCCCCCCCCCCCC/C=C\CCCCCCCCCC. The summed E-state index contributed by atoms with van der Waals surface area (Å²) in [6.45, 7) is 6.66. The van der Waals surface area contributed by atoms with E-state index in [1.165, 1.54) is 276 Å². The summed E-state index contributed by atoms with van der Waals surface area (Å²) >= 11 is 0. The van der Waals surface area contributed by atoms with Crippen molar-refractivity contribution in [3.63, 3.8) is 0 Å². The molecular formula is C71H132O6. The molecule has 0 saturated carbocycles. The molecule has 1 atom stereocenters. The summed E-state index contributed by atoms with van der Waals surface area (Å²) in [7, 11) is 0. The van der Waals surface area contributed by atoms with Crippen molar-refractivity contribution >= 4 is 17.9 Å². The number of carbonyl (C=O) groups excluding carboxylic acids is 3. The van der Waals surface area contributed by atoms with Gasteiger partial charge in [-0.15, -0.1) is 0 Å². The van der Waals surface area contributed by atoms with Crippen molar-refractivity contribution in [2.24, 2.45) is 0 Å². The topological polar surface area (TPSA) is 78.9 Å². The molecule has 0 saturated heterocycles. The number of hydrogen-bond acceptors (Lipinski definition) is 6. The van der Waals surface area contributed by atoms with Gasteiger partial charge in [-0.3, -0.25) is 14.4 Å². The fourth-order valence-corrected chi connectivity index (χ4v) is 10.4. The minimum absolute atomic E-state index is 0.0715. The van der Waals surface area contributed by atoms with Crippen molar-refractivity contribution < 1.29 is 28.6 Å². The second-order valence-electron chi connectivity index (χ2n) is 23.4. The summed E-state index contributed by atoms with van der Waals surface area (Å²) in [5.74, 6) is -0.858. The third-order valence-electron chi connectivity index (χ3n) is 15.6. The molecule has 0 aliphatic heterocycles. The number of carbonyl (C=O) groups is 3. The van der Waals surface area contributed by atoms with E-state index in [1.807, 2.05) is 0 Å². The van der Waals surface area contributed by atoms with Gasteiger partial charge in [-0.1, -0.05) is 308 Å². The van der Waals surface area contributed by atoms with Crippen LogP contribution in [0, 0.1) is 0 Å². The average Bonchev–Trinajstić information content (AvgIpc) is 3.43. The molecule has 452 valence electrons. The van der Waals surface area contributed by atoms with Crippen LogP contribution in [0.15, 0.2) is 36.5 Å². The van der Waals surface area contributed by atoms with E-state index in [4.69, 9.17) is 14.2 Å². The number of allylic oxidation sites excluding steroid dienone is 6. The average molecular weight is 1080 g/mol. The first-order chi connectivity index (χ1) is 38.0. The first kappa shape index (κ1) is 74.6. The summed E-state index contributed by atoms with van der Waals surface area (Å²) in [5.41, 5.74) is 0. The highest BCUT2D eigenvalue weighted by molar-refractivity contribution is 5.71. The molecule has 0 fully saturated rings. The normalized spacial score (nSPS) is 12.2. The molecule has 0 spiro atoms. The van der Waals surface area contributed by atoms with Gasteiger partial charge in [0.2, 0.25) is 0 Å². The van der Waals surface area contributed by atoms with Crippen molar-refractivity contribution in [1.82, 2.24) is 0 Å². The van der Waals surface area contributed by atoms with E-state index in [9.17, 15) is 14.4 Å². The third-order valence-corrected chi connectivity index (χ3v) is 15.6. The van der Waals surface area contributed by atoms with E-state index >= 15 is 0 Å². The first-order valence-electron chi connectivity index (χ1n) is 34.5. The molecule has 1 unspecified atom stereocenters. The zero-order valence-corrected chi connectivity index (χ0v) is 52.0. The van der Waals surface area contributed by atoms with Crippen LogP contribution >= 0.6 is 0 Å². The minimum Gasteiger partial charge on any atom is -0.462 e. The number of unbranched alkanes of at least 4 members (excludes halogenated alkanes) is 47. The van der Waals surface area contributed by atoms with E-state index in [2.05, 4.69) is 57.2 Å². The molecule has 6 heteroatoms. The van der Waals surface area contributed by atoms with Gasteiger partial charge in [-0.25, -0.2) is 0 Å². The molecule has 0 aromatic rings. The summed E-state index contributed by atoms with van der Waals surface area (Å²) in [4.78, 5) is 38.3. The van der Waals surface area contributed by atoms with E-state index < -0.39 is 6.10 Å². The van der Waals surface area contributed by atoms with Crippen LogP contribution in [0.2, 0.25) is 0 Å². The molecule has 0 radical (unpaired) electrons. The Kier molecular flexibility index (Phi) is 64.1. The van der Waals surface area contributed by atoms with Crippen molar-refractivity contribution in [1.29, 1.82) is 0 Å². The van der Waals surface area contributed by atoms with Crippen LogP contribution in [0.5, 0.6) is 0 Å². The Balaban J connectivity index is 4.19. The quantitative estimate of drug-likeness (QED) is 0.0261. The maximum Gasteiger partial charge on any atom is 0.306 e. The largest absolute Gasteiger partial charge is 0.462 e. The van der Waals surface area contributed by atoms with E-state index in [1.54, 1.807) is 0 Å². The Bertz CT molecular complexity index is 1290. The summed E-state index contributed by atoms with van der Waals surface area (Å²) < 4.78 is 16.9. The zero-order chi connectivity index (χ0) is 55.7. The minimum atomic E-state index is -0.775. The maximum absolute atomic E-state index is 12.9. The monoisotopic (exact) mass is 1080 g/mol. The predicted octanol–water partition coefficient (Wildman–Crippen LogP) is 23.6. The van der Waals surface area contributed by atoms with Crippen LogP contribution in [0.4, 0.5) is 0 Å². The zero-order valence-electron chi connectivity index (χ0n) is 52.0. The number of ether oxygens (including phenoxy) is 3. The Hall–Kier alpha value is -2.37. The van der Waals surface area contributed by atoms with Gasteiger partial charge in [0.05, 0.1) is 0 Å². The summed E-state index contributed by atoms with van der Waals surface area (Å²) in [5, 5.41) is 0.